The summed E-state index contributed by atoms with van der Waals surface area (Å²) in [6.07, 6.45) is 0. The summed E-state index contributed by atoms with van der Waals surface area (Å²) >= 11 is 0. The summed E-state index contributed by atoms with van der Waals surface area (Å²) in [5.74, 6) is 0. The summed E-state index contributed by atoms with van der Waals surface area (Å²) in [6, 6.07) is 0. The van der Waals surface area contributed by atoms with E-state index >= 15 is 0 Å². The van der Waals surface area contributed by atoms with Crippen LogP contribution in [0, 0.1) is 83.1 Å². The van der Waals surface area contributed by atoms with E-state index in [2.05, 4.69) is 83.1 Å². The maximum Gasteiger partial charge on any atom is 1.00 e. The van der Waals surface area contributed by atoms with Crippen molar-refractivity contribution in [2.75, 3.05) is 0 Å². The van der Waals surface area contributed by atoms with E-state index in [1.165, 1.54) is 66.8 Å². The van der Waals surface area contributed by atoms with Crippen molar-refractivity contribution in [3.8, 4) is 0 Å². The predicted molar refractivity (Wildman–Crippen MR) is 123 cm³/mol. The van der Waals surface area contributed by atoms with Crippen molar-refractivity contribution < 1.29 is 64.1 Å². The van der Waals surface area contributed by atoms with Gasteiger partial charge in [-0.3, -0.25) is 0 Å². The van der Waals surface area contributed by atoms with Crippen LogP contribution in [-0.4, -0.2) is 0 Å². The van der Waals surface area contributed by atoms with Gasteiger partial charge in [0, 0.05) is 19.5 Å². The second-order valence-corrected chi connectivity index (χ2v) is 10.4. The first-order valence-electron chi connectivity index (χ1n) is 10.0. The maximum atomic E-state index is 9.87. The number of hydrogen-bond donors (Lipinski definition) is 0. The van der Waals surface area contributed by atoms with E-state index in [1.807, 2.05) is 0 Å². The van der Waals surface area contributed by atoms with E-state index < -0.39 is 7.81 Å². The molecular formula is C24H36F6PRu2. The third-order valence-corrected chi connectivity index (χ3v) is 6.75. The zero-order valence-electron chi connectivity index (χ0n) is 21.4. The van der Waals surface area contributed by atoms with Gasteiger partial charge in [-0.2, -0.15) is 0 Å². The van der Waals surface area contributed by atoms with Gasteiger partial charge in [0.15, 0.2) is 0 Å². The van der Waals surface area contributed by atoms with Gasteiger partial charge in [0.25, 0.3) is 0 Å². The van der Waals surface area contributed by atoms with Crippen LogP contribution in [0.15, 0.2) is 0 Å². The molecule has 9 heteroatoms. The molecule has 0 aromatic heterocycles. The number of rotatable bonds is 0. The van der Waals surface area contributed by atoms with Crippen LogP contribution in [0.5, 0.6) is 0 Å². The van der Waals surface area contributed by atoms with Crippen LogP contribution < -0.4 is 0 Å². The Hall–Kier alpha value is -0.303. The fourth-order valence-electron chi connectivity index (χ4n) is 3.38. The molecule has 0 atom stereocenters. The molecule has 195 valence electrons. The van der Waals surface area contributed by atoms with Crippen molar-refractivity contribution in [2.45, 2.75) is 83.1 Å². The maximum absolute atomic E-state index is 10.7. The van der Waals surface area contributed by atoms with Gasteiger partial charge in [-0.05, 0) is 150 Å². The molecule has 2 rings (SSSR count). The molecule has 0 N–H and O–H groups in total. The van der Waals surface area contributed by atoms with E-state index in [0.29, 0.717) is 0 Å². The monoisotopic (exact) mass is 673 g/mol. The average molecular weight is 672 g/mol. The molecule has 2 aromatic carbocycles. The van der Waals surface area contributed by atoms with Gasteiger partial charge >= 0.3 is 52.5 Å². The summed E-state index contributed by atoms with van der Waals surface area (Å²) in [5.41, 5.74) is 17.5. The van der Waals surface area contributed by atoms with Crippen molar-refractivity contribution in [3.05, 3.63) is 66.8 Å². The number of halogens is 6. The van der Waals surface area contributed by atoms with E-state index in [4.69, 9.17) is 0 Å². The summed E-state index contributed by atoms with van der Waals surface area (Å²) < 4.78 is 59.2. The van der Waals surface area contributed by atoms with Gasteiger partial charge in [-0.1, -0.05) is 0 Å². The van der Waals surface area contributed by atoms with Gasteiger partial charge in [-0.25, -0.2) is 0 Å². The normalized spacial score (nSPS) is 12.5. The van der Waals surface area contributed by atoms with E-state index in [9.17, 15) is 25.2 Å². The Labute approximate surface area is 221 Å². The third-order valence-electron chi connectivity index (χ3n) is 6.75. The largest absolute Gasteiger partial charge is 1.00 e. The Bertz CT molecular complexity index is 706. The topological polar surface area (TPSA) is 0 Å². The molecule has 0 saturated heterocycles. The molecule has 0 aliphatic heterocycles. The molecule has 0 amide bonds. The summed E-state index contributed by atoms with van der Waals surface area (Å²) in [7, 11) is -10.7. The minimum absolute atomic E-state index is 0. The molecule has 2 aromatic rings. The molecule has 0 spiro atoms. The molecule has 0 fully saturated rings. The van der Waals surface area contributed by atoms with Crippen molar-refractivity contribution >= 4 is 7.81 Å². The van der Waals surface area contributed by atoms with E-state index in [1.54, 1.807) is 0 Å². The first-order chi connectivity index (χ1) is 13.4. The van der Waals surface area contributed by atoms with Crippen LogP contribution in [0.1, 0.15) is 66.8 Å². The Kier molecular flexibility index (Phi) is 13.1. The van der Waals surface area contributed by atoms with Crippen LogP contribution in [0.2, 0.25) is 0 Å². The second kappa shape index (κ2) is 11.6. The molecule has 0 aliphatic carbocycles. The Morgan fingerprint density at radius 2 is 0.333 bits per heavy atom. The SMILES string of the molecule is Cc1c(C)c(C)c(C)c(C)c1C.Cc1c(C)c(C)c(C)c(C)c1C.F[P-](F)(F)(F)(F)F.[Ru+].[Ru]. The Morgan fingerprint density at radius 1 is 0.303 bits per heavy atom. The molecule has 0 saturated carbocycles. The zero-order valence-corrected chi connectivity index (χ0v) is 25.8. The van der Waals surface area contributed by atoms with Crippen molar-refractivity contribution in [1.29, 1.82) is 0 Å². The minimum atomic E-state index is -10.7. The Balaban J connectivity index is -0.000000412. The minimum Gasteiger partial charge on any atom is 0 e. The van der Waals surface area contributed by atoms with Crippen LogP contribution >= 0.6 is 7.81 Å². The van der Waals surface area contributed by atoms with Crippen LogP contribution in [0.25, 0.3) is 0 Å². The molecule has 1 radical (unpaired) electrons. The molecule has 0 unspecified atom stereocenters. The van der Waals surface area contributed by atoms with Crippen LogP contribution in [0.4, 0.5) is 25.2 Å². The quantitative estimate of drug-likeness (QED) is 0.149. The van der Waals surface area contributed by atoms with Crippen molar-refractivity contribution in [1.82, 2.24) is 0 Å². The summed E-state index contributed by atoms with van der Waals surface area (Å²) in [5, 5.41) is 0. The van der Waals surface area contributed by atoms with Gasteiger partial charge in [0.1, 0.15) is 0 Å². The second-order valence-electron chi connectivity index (χ2n) is 8.46. The van der Waals surface area contributed by atoms with Crippen molar-refractivity contribution in [3.63, 3.8) is 0 Å². The molecule has 0 nitrogen and oxygen atoms in total. The molecule has 0 aliphatic rings. The molecule has 0 heterocycles. The zero-order chi connectivity index (χ0) is 25.3. The standard InChI is InChI=1S/2C12H18.F6P.2Ru/c2*1-7-8(2)10(4)12(6)11(5)9(7)3;1-7(2,3,4,5)6;;/h2*1-6H3;;;/q;;-1;;+1. The van der Waals surface area contributed by atoms with E-state index in [0.717, 1.165) is 0 Å². The smallest absolute Gasteiger partial charge is 0 e. The molecule has 33 heavy (non-hydrogen) atoms. The Morgan fingerprint density at radius 3 is 0.364 bits per heavy atom. The molecule has 0 bridgehead atoms. The van der Waals surface area contributed by atoms with Gasteiger partial charge < -0.3 is 0 Å². The first-order valence-corrected chi connectivity index (χ1v) is 12.0. The van der Waals surface area contributed by atoms with E-state index in [-0.39, 0.29) is 39.0 Å². The number of benzene rings is 2. The summed E-state index contributed by atoms with van der Waals surface area (Å²) in [4.78, 5) is 0. The van der Waals surface area contributed by atoms with Crippen LogP contribution in [-0.2, 0) is 39.0 Å². The van der Waals surface area contributed by atoms with Gasteiger partial charge in [0.05, 0.1) is 0 Å². The van der Waals surface area contributed by atoms with Gasteiger partial charge in [-0.15, -0.1) is 0 Å². The average Bonchev–Trinajstić information content (AvgIpc) is 2.62. The first kappa shape index (κ1) is 37.2. The fourth-order valence-corrected chi connectivity index (χ4v) is 3.38. The molecular weight excluding hydrogens is 635 g/mol. The predicted octanol–water partition coefficient (Wildman–Crippen LogP) is 10.5. The van der Waals surface area contributed by atoms with Crippen LogP contribution in [0.3, 0.4) is 0 Å². The third kappa shape index (κ3) is 12.3. The van der Waals surface area contributed by atoms with Crippen molar-refractivity contribution in [2.24, 2.45) is 0 Å². The fraction of sp³-hybridized carbons (Fsp3) is 0.500. The number of hydrogen-bond acceptors (Lipinski definition) is 0. The van der Waals surface area contributed by atoms with Gasteiger partial charge in [0.2, 0.25) is 0 Å². The summed E-state index contributed by atoms with van der Waals surface area (Å²) in [6.45, 7) is 26.5.